The molecule has 3 nitrogen and oxygen atoms in total. The smallest absolute Gasteiger partial charge is 0.324 e. The van der Waals surface area contributed by atoms with Crippen LogP contribution in [0.1, 0.15) is 0 Å². The predicted octanol–water partition coefficient (Wildman–Crippen LogP) is 4.48. The van der Waals surface area contributed by atoms with Crippen molar-refractivity contribution < 1.29 is 14.7 Å². The Morgan fingerprint density at radius 1 is 0.800 bits per heavy atom. The molecule has 66 valence electrons. The molecule has 10 heavy (non-hydrogen) atoms. The molecule has 0 aliphatic carbocycles. The molecule has 0 unspecified atom stereocenters. The Morgan fingerprint density at radius 3 is 0.800 bits per heavy atom. The summed E-state index contributed by atoms with van der Waals surface area (Å²) in [6, 6.07) is 0. The van der Waals surface area contributed by atoms with E-state index >= 15 is 0 Å². The summed E-state index contributed by atoms with van der Waals surface area (Å²) >= 11 is 12.4. The van der Waals surface area contributed by atoms with Gasteiger partial charge in [0, 0.05) is 0 Å². The monoisotopic (exact) mass is 747 g/mol. The van der Waals surface area contributed by atoms with Gasteiger partial charge in [-0.1, -0.05) is 0 Å². The molecule has 0 aliphatic rings. The van der Waals surface area contributed by atoms with Crippen LogP contribution >= 0.6 is 114 Å². The summed E-state index contributed by atoms with van der Waals surface area (Å²) in [5, 5.41) is 0. The fourth-order valence-corrected chi connectivity index (χ4v) is 0. The molecular weight excluding hydrogens is 744 g/mol. The first-order valence-corrected chi connectivity index (χ1v) is 18.8. The van der Waals surface area contributed by atoms with Crippen molar-refractivity contribution in [3.8, 4) is 0 Å². The second-order valence-corrected chi connectivity index (χ2v) is 87.1. The first-order chi connectivity index (χ1) is 3.97. The van der Waals surface area contributed by atoms with E-state index in [2.05, 4.69) is 110 Å². The van der Waals surface area contributed by atoms with Crippen molar-refractivity contribution in [2.24, 2.45) is 0 Å². The molecule has 0 aromatic carbocycles. The number of hydrogen-bond acceptors (Lipinski definition) is 3. The molecule has 10 heteroatoms. The Hall–Kier alpha value is 4.39. The van der Waals surface area contributed by atoms with Gasteiger partial charge in [-0.05, 0) is 0 Å². The van der Waals surface area contributed by atoms with Crippen molar-refractivity contribution in [1.82, 2.24) is 0 Å². The average Bonchev–Trinajstić information content (AvgIpc) is 1.14. The second-order valence-electron chi connectivity index (χ2n) is 0.907. The van der Waals surface area contributed by atoms with Crippen molar-refractivity contribution in [2.45, 2.75) is 0 Å². The van der Waals surface area contributed by atoms with E-state index in [0.717, 1.165) is 0 Å². The normalized spacial score (nSPS) is 15.1. The quantitative estimate of drug-likeness (QED) is 0.253. The third kappa shape index (κ3) is 83.4. The van der Waals surface area contributed by atoms with Gasteiger partial charge < -0.3 is 14.7 Å². The minimum Gasteiger partial charge on any atom is -0.328 e. The zero-order valence-corrected chi connectivity index (χ0v) is 16.7. The van der Waals surface area contributed by atoms with Crippen molar-refractivity contribution in [3.63, 3.8) is 0 Å². The molecule has 0 bridgehead atoms. The molecule has 3 N–H and O–H groups in total. The van der Waals surface area contributed by atoms with Crippen LogP contribution in [0.5, 0.6) is 0 Å². The van der Waals surface area contributed by atoms with Crippen LogP contribution in [-0.2, 0) is 0 Å². The SMILES string of the molecule is IP(I)(I)(I)I.OP(O)O. The van der Waals surface area contributed by atoms with Crippen LogP contribution in [0.2, 0.25) is 0 Å². The molecule has 0 saturated heterocycles. The van der Waals surface area contributed by atoms with Crippen molar-refractivity contribution >= 4 is 114 Å². The fraction of sp³-hybridized carbons (Fsp3) is 0. The molecule has 0 radical (unpaired) electrons. The van der Waals surface area contributed by atoms with Gasteiger partial charge in [-0.2, -0.15) is 0 Å². The molecular formula is H3I5O3P2. The Balaban J connectivity index is 0. The summed E-state index contributed by atoms with van der Waals surface area (Å²) in [6.45, 7) is 0. The van der Waals surface area contributed by atoms with E-state index in [-0.39, 0.29) is 0 Å². The van der Waals surface area contributed by atoms with E-state index in [1.54, 1.807) is 0 Å². The minimum absolute atomic E-state index is 1.20. The summed E-state index contributed by atoms with van der Waals surface area (Å²) in [5.74, 6) is 0. The molecule has 0 fully saturated rings. The first kappa shape index (κ1) is 16.8. The Morgan fingerprint density at radius 2 is 0.800 bits per heavy atom. The second kappa shape index (κ2) is 6.80. The summed E-state index contributed by atoms with van der Waals surface area (Å²) < 4.78 is -1.20. The summed E-state index contributed by atoms with van der Waals surface area (Å²) in [6.07, 6.45) is 0. The van der Waals surface area contributed by atoms with Crippen LogP contribution < -0.4 is 0 Å². The molecule has 0 spiro atoms. The van der Waals surface area contributed by atoms with Crippen LogP contribution in [0.15, 0.2) is 0 Å². The molecule has 0 amide bonds. The summed E-state index contributed by atoms with van der Waals surface area (Å²) in [5.41, 5.74) is 0. The van der Waals surface area contributed by atoms with Crippen LogP contribution in [0.4, 0.5) is 0 Å². The van der Waals surface area contributed by atoms with E-state index in [0.29, 0.717) is 0 Å². The third-order valence-corrected chi connectivity index (χ3v) is 0. The molecule has 0 atom stereocenters. The minimum atomic E-state index is -2.62. The zero-order chi connectivity index (χ0) is 9.02. The van der Waals surface area contributed by atoms with Crippen LogP contribution in [0, 0.1) is 0 Å². The molecule has 0 heterocycles. The van der Waals surface area contributed by atoms with Gasteiger partial charge in [0.25, 0.3) is 0 Å². The largest absolute Gasteiger partial charge is 0.328 e. The van der Waals surface area contributed by atoms with Crippen LogP contribution in [0.25, 0.3) is 0 Å². The topological polar surface area (TPSA) is 60.7 Å². The molecule has 0 aliphatic heterocycles. The molecule has 0 rings (SSSR count). The third-order valence-electron chi connectivity index (χ3n) is 0. The molecule has 0 saturated carbocycles. The Labute approximate surface area is 125 Å². The van der Waals surface area contributed by atoms with E-state index in [4.69, 9.17) is 14.7 Å². The first-order valence-electron chi connectivity index (χ1n) is 1.45. The summed E-state index contributed by atoms with van der Waals surface area (Å²) in [4.78, 5) is 21.7. The predicted molar refractivity (Wildman–Crippen MR) is 90.6 cm³/mol. The van der Waals surface area contributed by atoms with Gasteiger partial charge >= 0.3 is 114 Å². The van der Waals surface area contributed by atoms with E-state index < -0.39 is 3.42 Å². The van der Waals surface area contributed by atoms with Crippen molar-refractivity contribution in [2.75, 3.05) is 0 Å². The van der Waals surface area contributed by atoms with Gasteiger partial charge in [0.15, 0.2) is 0 Å². The van der Waals surface area contributed by atoms with Gasteiger partial charge in [-0.25, -0.2) is 0 Å². The maximum atomic E-state index is 7.23. The molecule has 0 aromatic rings. The van der Waals surface area contributed by atoms with Crippen molar-refractivity contribution in [1.29, 1.82) is 0 Å². The fourth-order valence-electron chi connectivity index (χ4n) is 0. The zero-order valence-electron chi connectivity index (χ0n) is 4.13. The van der Waals surface area contributed by atoms with Gasteiger partial charge in [0.2, 0.25) is 0 Å². The van der Waals surface area contributed by atoms with Crippen LogP contribution in [-0.4, -0.2) is 14.7 Å². The number of hydrogen-bond donors (Lipinski definition) is 3. The van der Waals surface area contributed by atoms with Gasteiger partial charge in [0.05, 0.1) is 0 Å². The number of halogens is 5. The average molecular weight is 747 g/mol. The van der Waals surface area contributed by atoms with E-state index in [1.807, 2.05) is 0 Å². The maximum Gasteiger partial charge on any atom is 0.324 e. The van der Waals surface area contributed by atoms with Crippen molar-refractivity contribution in [3.05, 3.63) is 0 Å². The van der Waals surface area contributed by atoms with Gasteiger partial charge in [0.1, 0.15) is 0 Å². The Bertz CT molecular complexity index is 73.1. The number of rotatable bonds is 0. The van der Waals surface area contributed by atoms with E-state index in [1.165, 1.54) is 0 Å². The summed E-state index contributed by atoms with van der Waals surface area (Å²) in [7, 11) is -2.62. The molecule has 0 aromatic heterocycles. The Kier molecular flexibility index (Phi) is 11.4. The standard InChI is InChI=1S/I5P.H3O3P/c1-6(2,3,4)5;1-4(2)3/h;1-3H. The van der Waals surface area contributed by atoms with E-state index in [9.17, 15) is 0 Å². The van der Waals surface area contributed by atoms with Gasteiger partial charge in [-0.15, -0.1) is 0 Å². The van der Waals surface area contributed by atoms with Crippen LogP contribution in [0.3, 0.4) is 0 Å². The van der Waals surface area contributed by atoms with Gasteiger partial charge in [-0.3, -0.25) is 0 Å². The maximum absolute atomic E-state index is 7.23.